The molecule has 0 saturated carbocycles. The summed E-state index contributed by atoms with van der Waals surface area (Å²) in [6, 6.07) is 14.9. The van der Waals surface area contributed by atoms with Crippen LogP contribution in [0.5, 0.6) is 0 Å². The summed E-state index contributed by atoms with van der Waals surface area (Å²) in [6.45, 7) is 5.08. The molecule has 0 aliphatic rings. The van der Waals surface area contributed by atoms with Crippen LogP contribution in [0.15, 0.2) is 53.3 Å². The number of halogens is 1. The predicted octanol–water partition coefficient (Wildman–Crippen LogP) is 4.00. The third-order valence-electron chi connectivity index (χ3n) is 5.11. The van der Waals surface area contributed by atoms with E-state index in [-0.39, 0.29) is 17.5 Å². The molecule has 0 aliphatic heterocycles. The first kappa shape index (κ1) is 22.4. The fourth-order valence-corrected chi connectivity index (χ4v) is 3.65. The highest BCUT2D eigenvalue weighted by molar-refractivity contribution is 6.31. The highest BCUT2D eigenvalue weighted by Crippen LogP contribution is 2.23. The molecule has 1 atom stereocenters. The second-order valence-electron chi connectivity index (χ2n) is 7.54. The first-order valence-electron chi connectivity index (χ1n) is 9.97. The Morgan fingerprint density at radius 1 is 1.10 bits per heavy atom. The van der Waals surface area contributed by atoms with Gasteiger partial charge in [-0.2, -0.15) is 0 Å². The zero-order valence-electron chi connectivity index (χ0n) is 17.8. The molecule has 2 aromatic carbocycles. The van der Waals surface area contributed by atoms with Crippen LogP contribution in [-0.4, -0.2) is 36.6 Å². The molecule has 30 heavy (non-hydrogen) atoms. The topological polar surface area (TPSA) is 65.4 Å². The average molecular weight is 430 g/mol. The maximum atomic E-state index is 13.4. The number of benzene rings is 2. The molecule has 3 aromatic rings. The molecule has 160 valence electrons. The van der Waals surface area contributed by atoms with Gasteiger partial charge in [0.25, 0.3) is 5.56 Å². The SMILES string of the molecule is COC(CNC(c1nc2cc(Cl)ccc2c(=O)n1Cc1ccccc1)C(C)C)OC. The molecule has 0 bridgehead atoms. The number of rotatable bonds is 9. The Hall–Kier alpha value is -2.25. The van der Waals surface area contributed by atoms with E-state index < -0.39 is 6.29 Å². The average Bonchev–Trinajstić information content (AvgIpc) is 2.74. The first-order valence-corrected chi connectivity index (χ1v) is 10.3. The van der Waals surface area contributed by atoms with Gasteiger partial charge in [-0.1, -0.05) is 55.8 Å². The van der Waals surface area contributed by atoms with Crippen LogP contribution < -0.4 is 10.9 Å². The molecular formula is C23H28ClN3O3. The lowest BCUT2D eigenvalue weighted by Gasteiger charge is -2.27. The van der Waals surface area contributed by atoms with Crippen molar-refractivity contribution in [3.63, 3.8) is 0 Å². The second-order valence-corrected chi connectivity index (χ2v) is 7.98. The van der Waals surface area contributed by atoms with E-state index >= 15 is 0 Å². The monoisotopic (exact) mass is 429 g/mol. The number of hydrogen-bond acceptors (Lipinski definition) is 5. The van der Waals surface area contributed by atoms with Gasteiger partial charge in [0.05, 0.1) is 23.5 Å². The van der Waals surface area contributed by atoms with Gasteiger partial charge in [-0.25, -0.2) is 4.98 Å². The number of hydrogen-bond donors (Lipinski definition) is 1. The van der Waals surface area contributed by atoms with Crippen molar-refractivity contribution in [2.75, 3.05) is 20.8 Å². The van der Waals surface area contributed by atoms with Gasteiger partial charge in [0, 0.05) is 25.8 Å². The summed E-state index contributed by atoms with van der Waals surface area (Å²) in [5.74, 6) is 0.837. The molecule has 0 fully saturated rings. The van der Waals surface area contributed by atoms with Crippen LogP contribution in [0.4, 0.5) is 0 Å². The van der Waals surface area contributed by atoms with Crippen LogP contribution in [0.2, 0.25) is 5.02 Å². The van der Waals surface area contributed by atoms with Crippen molar-refractivity contribution in [3.8, 4) is 0 Å². The van der Waals surface area contributed by atoms with Crippen molar-refractivity contribution in [2.24, 2.45) is 5.92 Å². The lowest BCUT2D eigenvalue weighted by Crippen LogP contribution is -2.39. The lowest BCUT2D eigenvalue weighted by atomic mass is 10.0. The highest BCUT2D eigenvalue weighted by Gasteiger charge is 2.24. The number of ether oxygens (including phenoxy) is 2. The molecule has 0 radical (unpaired) electrons. The number of nitrogens with zero attached hydrogens (tertiary/aromatic N) is 2. The summed E-state index contributed by atoms with van der Waals surface area (Å²) >= 11 is 6.18. The van der Waals surface area contributed by atoms with Gasteiger partial charge in [0.15, 0.2) is 6.29 Å². The zero-order chi connectivity index (χ0) is 21.7. The molecule has 1 aromatic heterocycles. The van der Waals surface area contributed by atoms with Crippen molar-refractivity contribution in [2.45, 2.75) is 32.7 Å². The van der Waals surface area contributed by atoms with Gasteiger partial charge < -0.3 is 14.8 Å². The van der Waals surface area contributed by atoms with Crippen LogP contribution in [0.25, 0.3) is 10.9 Å². The Morgan fingerprint density at radius 3 is 2.43 bits per heavy atom. The number of aromatic nitrogens is 2. The van der Waals surface area contributed by atoms with E-state index in [2.05, 4.69) is 19.2 Å². The van der Waals surface area contributed by atoms with Crippen molar-refractivity contribution in [1.82, 2.24) is 14.9 Å². The Balaban J connectivity index is 2.13. The van der Waals surface area contributed by atoms with Gasteiger partial charge in [0.2, 0.25) is 0 Å². The van der Waals surface area contributed by atoms with Gasteiger partial charge >= 0.3 is 0 Å². The summed E-state index contributed by atoms with van der Waals surface area (Å²) in [6.07, 6.45) is -0.393. The molecule has 6 nitrogen and oxygen atoms in total. The Kier molecular flexibility index (Phi) is 7.61. The predicted molar refractivity (Wildman–Crippen MR) is 120 cm³/mol. The Morgan fingerprint density at radius 2 is 1.80 bits per heavy atom. The van der Waals surface area contributed by atoms with Gasteiger partial charge in [-0.05, 0) is 29.7 Å². The number of nitrogens with one attached hydrogen (secondary N) is 1. The van der Waals surface area contributed by atoms with Crippen LogP contribution in [-0.2, 0) is 16.0 Å². The fraction of sp³-hybridized carbons (Fsp3) is 0.391. The van der Waals surface area contributed by atoms with E-state index in [0.717, 1.165) is 5.56 Å². The first-order chi connectivity index (χ1) is 14.4. The van der Waals surface area contributed by atoms with Crippen LogP contribution in [0.3, 0.4) is 0 Å². The summed E-state index contributed by atoms with van der Waals surface area (Å²) < 4.78 is 12.4. The molecule has 3 rings (SSSR count). The third kappa shape index (κ3) is 5.08. The molecule has 1 unspecified atom stereocenters. The molecule has 7 heteroatoms. The van der Waals surface area contributed by atoms with E-state index in [1.807, 2.05) is 30.3 Å². The summed E-state index contributed by atoms with van der Waals surface area (Å²) in [7, 11) is 3.20. The number of methoxy groups -OCH3 is 2. The Labute approximate surface area is 181 Å². The smallest absolute Gasteiger partial charge is 0.261 e. The van der Waals surface area contributed by atoms with Gasteiger partial charge in [0.1, 0.15) is 5.82 Å². The van der Waals surface area contributed by atoms with Crippen molar-refractivity contribution >= 4 is 22.5 Å². The quantitative estimate of drug-likeness (QED) is 0.521. The minimum atomic E-state index is -0.393. The van der Waals surface area contributed by atoms with E-state index in [0.29, 0.717) is 34.8 Å². The summed E-state index contributed by atoms with van der Waals surface area (Å²) in [4.78, 5) is 18.3. The molecular weight excluding hydrogens is 402 g/mol. The van der Waals surface area contributed by atoms with Crippen LogP contribution in [0, 0.1) is 5.92 Å². The largest absolute Gasteiger partial charge is 0.355 e. The minimum Gasteiger partial charge on any atom is -0.355 e. The number of fused-ring (bicyclic) bond motifs is 1. The minimum absolute atomic E-state index is 0.0852. The van der Waals surface area contributed by atoms with Crippen LogP contribution in [0.1, 0.15) is 31.3 Å². The second kappa shape index (κ2) is 10.2. The Bertz CT molecular complexity index is 1030. The van der Waals surface area contributed by atoms with Crippen LogP contribution >= 0.6 is 11.6 Å². The molecule has 1 N–H and O–H groups in total. The highest BCUT2D eigenvalue weighted by atomic mass is 35.5. The summed E-state index contributed by atoms with van der Waals surface area (Å²) in [5.41, 5.74) is 1.54. The van der Waals surface area contributed by atoms with Crippen molar-refractivity contribution in [1.29, 1.82) is 0 Å². The molecule has 0 saturated heterocycles. The molecule has 0 aliphatic carbocycles. The maximum absolute atomic E-state index is 13.4. The molecule has 0 amide bonds. The van der Waals surface area contributed by atoms with Crippen molar-refractivity contribution < 1.29 is 9.47 Å². The van der Waals surface area contributed by atoms with Crippen molar-refractivity contribution in [3.05, 3.63) is 75.3 Å². The summed E-state index contributed by atoms with van der Waals surface area (Å²) in [5, 5.41) is 4.56. The molecule has 1 heterocycles. The zero-order valence-corrected chi connectivity index (χ0v) is 18.5. The van der Waals surface area contributed by atoms with E-state index in [4.69, 9.17) is 26.1 Å². The van der Waals surface area contributed by atoms with E-state index in [9.17, 15) is 4.79 Å². The molecule has 0 spiro atoms. The third-order valence-corrected chi connectivity index (χ3v) is 5.34. The van der Waals surface area contributed by atoms with E-state index in [1.165, 1.54) is 0 Å². The lowest BCUT2D eigenvalue weighted by molar-refractivity contribution is -0.101. The van der Waals surface area contributed by atoms with E-state index in [1.54, 1.807) is 37.0 Å². The standard InChI is InChI=1S/C23H28ClN3O3/c1-15(2)21(25-13-20(29-3)30-4)22-26-19-12-17(24)10-11-18(19)23(28)27(22)14-16-8-6-5-7-9-16/h5-12,15,20-21,25H,13-14H2,1-4H3. The van der Waals surface area contributed by atoms with Gasteiger partial charge in [-0.3, -0.25) is 9.36 Å². The normalized spacial score (nSPS) is 12.8. The fourth-order valence-electron chi connectivity index (χ4n) is 3.48. The maximum Gasteiger partial charge on any atom is 0.261 e. The van der Waals surface area contributed by atoms with Gasteiger partial charge in [-0.15, -0.1) is 0 Å².